The summed E-state index contributed by atoms with van der Waals surface area (Å²) in [6, 6.07) is 2.68. The SMILES string of the molecule is CCC(C)n1ccc(CN2CCNCC2(CC)CC)n1. The van der Waals surface area contributed by atoms with Crippen LogP contribution < -0.4 is 5.32 Å². The molecular weight excluding hydrogens is 248 g/mol. The first-order valence-corrected chi connectivity index (χ1v) is 8.15. The molecule has 1 aromatic rings. The van der Waals surface area contributed by atoms with Gasteiger partial charge in [-0.15, -0.1) is 0 Å². The molecule has 2 rings (SSSR count). The third-order valence-electron chi connectivity index (χ3n) is 5.06. The average Bonchev–Trinajstić information content (AvgIpc) is 2.96. The van der Waals surface area contributed by atoms with Gasteiger partial charge >= 0.3 is 0 Å². The molecule has 0 radical (unpaired) electrons. The van der Waals surface area contributed by atoms with Gasteiger partial charge < -0.3 is 5.32 Å². The summed E-state index contributed by atoms with van der Waals surface area (Å²) in [4.78, 5) is 2.63. The van der Waals surface area contributed by atoms with Crippen LogP contribution in [0.1, 0.15) is 58.7 Å². The maximum absolute atomic E-state index is 4.76. The Bertz CT molecular complexity index is 408. The highest BCUT2D eigenvalue weighted by Gasteiger charge is 2.35. The van der Waals surface area contributed by atoms with Crippen molar-refractivity contribution in [3.63, 3.8) is 0 Å². The normalized spacial score (nSPS) is 21.0. The lowest BCUT2D eigenvalue weighted by molar-refractivity contribution is 0.0434. The quantitative estimate of drug-likeness (QED) is 0.868. The van der Waals surface area contributed by atoms with Gasteiger partial charge in [0.05, 0.1) is 5.69 Å². The van der Waals surface area contributed by atoms with Crippen LogP contribution >= 0.6 is 0 Å². The Labute approximate surface area is 123 Å². The van der Waals surface area contributed by atoms with E-state index in [4.69, 9.17) is 5.10 Å². The van der Waals surface area contributed by atoms with Gasteiger partial charge in [-0.3, -0.25) is 9.58 Å². The molecule has 0 amide bonds. The Morgan fingerprint density at radius 3 is 2.75 bits per heavy atom. The van der Waals surface area contributed by atoms with Gasteiger partial charge in [-0.1, -0.05) is 20.8 Å². The van der Waals surface area contributed by atoms with Crippen molar-refractivity contribution >= 4 is 0 Å². The standard InChI is InChI=1S/C16H30N4/c1-5-14(4)20-10-8-15(18-20)12-19-11-9-17-13-16(19,6-2)7-3/h8,10,14,17H,5-7,9,11-13H2,1-4H3. The van der Waals surface area contributed by atoms with E-state index < -0.39 is 0 Å². The molecule has 1 aromatic heterocycles. The van der Waals surface area contributed by atoms with Crippen molar-refractivity contribution in [2.24, 2.45) is 0 Å². The minimum absolute atomic E-state index is 0.304. The molecule has 0 spiro atoms. The Balaban J connectivity index is 2.09. The first-order chi connectivity index (χ1) is 9.65. The summed E-state index contributed by atoms with van der Waals surface area (Å²) in [6.45, 7) is 13.3. The molecule has 0 aliphatic carbocycles. The van der Waals surface area contributed by atoms with Crippen LogP contribution in [-0.2, 0) is 6.54 Å². The molecule has 2 heterocycles. The zero-order valence-electron chi connectivity index (χ0n) is 13.5. The molecule has 20 heavy (non-hydrogen) atoms. The van der Waals surface area contributed by atoms with Crippen LogP contribution in [0.15, 0.2) is 12.3 Å². The predicted molar refractivity (Wildman–Crippen MR) is 83.8 cm³/mol. The summed E-state index contributed by atoms with van der Waals surface area (Å²) in [5.41, 5.74) is 1.51. The fourth-order valence-electron chi connectivity index (χ4n) is 3.17. The highest BCUT2D eigenvalue weighted by Crippen LogP contribution is 2.27. The number of piperazine rings is 1. The number of hydrogen-bond donors (Lipinski definition) is 1. The fraction of sp³-hybridized carbons (Fsp3) is 0.812. The molecule has 114 valence electrons. The topological polar surface area (TPSA) is 33.1 Å². The van der Waals surface area contributed by atoms with Crippen LogP contribution in [0.5, 0.6) is 0 Å². The van der Waals surface area contributed by atoms with Gasteiger partial charge in [0.1, 0.15) is 0 Å². The highest BCUT2D eigenvalue weighted by atomic mass is 15.3. The van der Waals surface area contributed by atoms with E-state index in [2.05, 4.69) is 54.9 Å². The van der Waals surface area contributed by atoms with Crippen LogP contribution in [-0.4, -0.2) is 39.9 Å². The second kappa shape index (κ2) is 6.72. The van der Waals surface area contributed by atoms with Gasteiger partial charge in [-0.25, -0.2) is 0 Å². The Morgan fingerprint density at radius 1 is 1.35 bits per heavy atom. The summed E-state index contributed by atoms with van der Waals surface area (Å²) < 4.78 is 2.11. The van der Waals surface area contributed by atoms with E-state index in [1.54, 1.807) is 0 Å². The second-order valence-electron chi connectivity index (χ2n) is 6.07. The monoisotopic (exact) mass is 278 g/mol. The molecule has 4 nitrogen and oxygen atoms in total. The smallest absolute Gasteiger partial charge is 0.0765 e. The van der Waals surface area contributed by atoms with Crippen LogP contribution in [0.3, 0.4) is 0 Å². The number of nitrogens with zero attached hydrogens (tertiary/aromatic N) is 3. The Kier molecular flexibility index (Phi) is 5.22. The lowest BCUT2D eigenvalue weighted by Gasteiger charge is -2.46. The lowest BCUT2D eigenvalue weighted by atomic mass is 9.88. The number of nitrogens with one attached hydrogen (secondary N) is 1. The van der Waals surface area contributed by atoms with Crippen molar-refractivity contribution < 1.29 is 0 Å². The van der Waals surface area contributed by atoms with E-state index in [-0.39, 0.29) is 0 Å². The molecule has 1 N–H and O–H groups in total. The van der Waals surface area contributed by atoms with Gasteiger partial charge in [0.2, 0.25) is 0 Å². The van der Waals surface area contributed by atoms with E-state index >= 15 is 0 Å². The first kappa shape index (κ1) is 15.5. The van der Waals surface area contributed by atoms with Gasteiger partial charge in [0.25, 0.3) is 0 Å². The van der Waals surface area contributed by atoms with E-state index in [1.165, 1.54) is 18.5 Å². The van der Waals surface area contributed by atoms with Gasteiger partial charge in [0, 0.05) is 44.0 Å². The van der Waals surface area contributed by atoms with Crippen LogP contribution in [0.2, 0.25) is 0 Å². The third kappa shape index (κ3) is 3.07. The third-order valence-corrected chi connectivity index (χ3v) is 5.06. The Hall–Kier alpha value is -0.870. The molecule has 1 fully saturated rings. The van der Waals surface area contributed by atoms with E-state index in [9.17, 15) is 0 Å². The molecular formula is C16H30N4. The summed E-state index contributed by atoms with van der Waals surface area (Å²) >= 11 is 0. The summed E-state index contributed by atoms with van der Waals surface area (Å²) in [7, 11) is 0. The van der Waals surface area contributed by atoms with E-state index in [0.29, 0.717) is 11.6 Å². The summed E-state index contributed by atoms with van der Waals surface area (Å²) in [6.07, 6.45) is 5.65. The second-order valence-corrected chi connectivity index (χ2v) is 6.07. The zero-order chi connectivity index (χ0) is 14.6. The van der Waals surface area contributed by atoms with Gasteiger partial charge in [-0.05, 0) is 32.3 Å². The molecule has 1 aliphatic rings. The molecule has 1 unspecified atom stereocenters. The fourth-order valence-corrected chi connectivity index (χ4v) is 3.17. The number of aromatic nitrogens is 2. The average molecular weight is 278 g/mol. The summed E-state index contributed by atoms with van der Waals surface area (Å²) in [5.74, 6) is 0. The van der Waals surface area contributed by atoms with Gasteiger partial charge in [0.15, 0.2) is 0 Å². The molecule has 4 heteroatoms. The largest absolute Gasteiger partial charge is 0.314 e. The molecule has 1 saturated heterocycles. The minimum atomic E-state index is 0.304. The molecule has 0 saturated carbocycles. The van der Waals surface area contributed by atoms with Crippen LogP contribution in [0.4, 0.5) is 0 Å². The highest BCUT2D eigenvalue weighted by molar-refractivity contribution is 5.03. The van der Waals surface area contributed by atoms with E-state index in [1.807, 2.05) is 0 Å². The number of hydrogen-bond acceptors (Lipinski definition) is 3. The Morgan fingerprint density at radius 2 is 2.10 bits per heavy atom. The molecule has 1 atom stereocenters. The number of rotatable bonds is 6. The van der Waals surface area contributed by atoms with Crippen LogP contribution in [0, 0.1) is 0 Å². The van der Waals surface area contributed by atoms with E-state index in [0.717, 1.165) is 32.6 Å². The summed E-state index contributed by atoms with van der Waals surface area (Å²) in [5, 5.41) is 8.32. The maximum atomic E-state index is 4.76. The predicted octanol–water partition coefficient (Wildman–Crippen LogP) is 2.82. The minimum Gasteiger partial charge on any atom is -0.314 e. The first-order valence-electron chi connectivity index (χ1n) is 8.15. The van der Waals surface area contributed by atoms with Crippen molar-refractivity contribution in [2.75, 3.05) is 19.6 Å². The molecule has 0 aromatic carbocycles. The van der Waals surface area contributed by atoms with Crippen molar-refractivity contribution in [1.82, 2.24) is 20.0 Å². The van der Waals surface area contributed by atoms with Crippen LogP contribution in [0.25, 0.3) is 0 Å². The zero-order valence-corrected chi connectivity index (χ0v) is 13.5. The van der Waals surface area contributed by atoms with Crippen molar-refractivity contribution in [1.29, 1.82) is 0 Å². The molecule has 1 aliphatic heterocycles. The van der Waals surface area contributed by atoms with Crippen molar-refractivity contribution in [3.8, 4) is 0 Å². The van der Waals surface area contributed by atoms with Gasteiger partial charge in [-0.2, -0.15) is 5.10 Å². The molecule has 0 bridgehead atoms. The van der Waals surface area contributed by atoms with Crippen molar-refractivity contribution in [3.05, 3.63) is 18.0 Å². The van der Waals surface area contributed by atoms with Crippen molar-refractivity contribution in [2.45, 2.75) is 65.1 Å². The maximum Gasteiger partial charge on any atom is 0.0765 e. The lowest BCUT2D eigenvalue weighted by Crippen LogP contribution is -2.60.